The van der Waals surface area contributed by atoms with Gasteiger partial charge < -0.3 is 0 Å². The molecule has 1 aromatic rings. The van der Waals surface area contributed by atoms with Gasteiger partial charge in [0, 0.05) is 16.9 Å². The summed E-state index contributed by atoms with van der Waals surface area (Å²) in [6.45, 7) is 3.95. The van der Waals surface area contributed by atoms with Crippen molar-refractivity contribution in [2.24, 2.45) is 0 Å². The van der Waals surface area contributed by atoms with E-state index in [0.717, 1.165) is 16.9 Å². The quantitative estimate of drug-likeness (QED) is 0.578. The van der Waals surface area contributed by atoms with Crippen LogP contribution in [0.2, 0.25) is 0 Å². The molecule has 0 saturated carbocycles. The highest BCUT2D eigenvalue weighted by atomic mass is 32.1. The third-order valence-electron chi connectivity index (χ3n) is 2.09. The molecule has 0 heterocycles. The monoisotopic (exact) mass is 194 g/mol. The Morgan fingerprint density at radius 3 is 2.54 bits per heavy atom. The molecular weight excluding hydrogens is 180 g/mol. The Morgan fingerprint density at radius 2 is 2.08 bits per heavy atom. The van der Waals surface area contributed by atoms with Crippen LogP contribution in [0.15, 0.2) is 23.1 Å². The van der Waals surface area contributed by atoms with Gasteiger partial charge in [-0.1, -0.05) is 26.0 Å². The summed E-state index contributed by atoms with van der Waals surface area (Å²) in [4.78, 5) is 12.2. The highest BCUT2D eigenvalue weighted by Crippen LogP contribution is 2.17. The van der Waals surface area contributed by atoms with Gasteiger partial charge in [0.2, 0.25) is 0 Å². The minimum Gasteiger partial charge on any atom is -0.294 e. The van der Waals surface area contributed by atoms with Crippen molar-refractivity contribution in [3.05, 3.63) is 29.3 Å². The van der Waals surface area contributed by atoms with Gasteiger partial charge in [-0.2, -0.15) is 0 Å². The van der Waals surface area contributed by atoms with Crippen LogP contribution in [0.25, 0.3) is 0 Å². The van der Waals surface area contributed by atoms with Crippen LogP contribution in [0.5, 0.6) is 0 Å². The van der Waals surface area contributed by atoms with Crippen molar-refractivity contribution in [2.45, 2.75) is 31.6 Å². The average Bonchev–Trinajstić information content (AvgIpc) is 2.16. The Morgan fingerprint density at radius 1 is 1.38 bits per heavy atom. The largest absolute Gasteiger partial charge is 0.294 e. The number of benzene rings is 1. The third kappa shape index (κ3) is 2.34. The molecule has 0 spiro atoms. The standard InChI is InChI=1S/C11H14OS/c1-3-8-5-6-9(10(12)4-2)11(13)7-8/h5-7,13H,3-4H2,1-2H3. The van der Waals surface area contributed by atoms with Crippen molar-refractivity contribution in [3.63, 3.8) is 0 Å². The second-order valence-corrected chi connectivity index (χ2v) is 3.46. The smallest absolute Gasteiger partial charge is 0.163 e. The summed E-state index contributed by atoms with van der Waals surface area (Å²) in [5, 5.41) is 0. The Bertz CT molecular complexity index is 318. The second-order valence-electron chi connectivity index (χ2n) is 2.98. The lowest BCUT2D eigenvalue weighted by Crippen LogP contribution is -1.98. The van der Waals surface area contributed by atoms with Crippen molar-refractivity contribution in [1.82, 2.24) is 0 Å². The van der Waals surface area contributed by atoms with E-state index in [1.807, 2.05) is 25.1 Å². The van der Waals surface area contributed by atoms with Gasteiger partial charge in [-0.25, -0.2) is 0 Å². The number of ketones is 1. The lowest BCUT2D eigenvalue weighted by molar-refractivity contribution is 0.0985. The van der Waals surface area contributed by atoms with Gasteiger partial charge in [-0.3, -0.25) is 4.79 Å². The van der Waals surface area contributed by atoms with Gasteiger partial charge in [0.05, 0.1) is 0 Å². The zero-order valence-corrected chi connectivity index (χ0v) is 8.90. The van der Waals surface area contributed by atoms with Gasteiger partial charge in [-0.15, -0.1) is 12.6 Å². The van der Waals surface area contributed by atoms with Crippen LogP contribution >= 0.6 is 12.6 Å². The fraction of sp³-hybridized carbons (Fsp3) is 0.364. The fourth-order valence-corrected chi connectivity index (χ4v) is 1.59. The predicted octanol–water partition coefficient (Wildman–Crippen LogP) is 3.13. The zero-order valence-electron chi connectivity index (χ0n) is 8.00. The number of Topliss-reactive ketones (excluding diaryl/α,β-unsaturated/α-hetero) is 1. The molecule has 2 heteroatoms. The van der Waals surface area contributed by atoms with E-state index >= 15 is 0 Å². The van der Waals surface area contributed by atoms with Crippen molar-refractivity contribution in [3.8, 4) is 0 Å². The van der Waals surface area contributed by atoms with E-state index < -0.39 is 0 Å². The van der Waals surface area contributed by atoms with Crippen LogP contribution in [0.4, 0.5) is 0 Å². The summed E-state index contributed by atoms with van der Waals surface area (Å²) in [5.41, 5.74) is 1.96. The summed E-state index contributed by atoms with van der Waals surface area (Å²) < 4.78 is 0. The molecule has 70 valence electrons. The molecule has 13 heavy (non-hydrogen) atoms. The van der Waals surface area contributed by atoms with Crippen molar-refractivity contribution in [1.29, 1.82) is 0 Å². The van der Waals surface area contributed by atoms with Crippen LogP contribution in [-0.4, -0.2) is 5.78 Å². The molecule has 0 aliphatic heterocycles. The Hall–Kier alpha value is -0.760. The van der Waals surface area contributed by atoms with Gasteiger partial charge >= 0.3 is 0 Å². The maximum atomic E-state index is 11.4. The lowest BCUT2D eigenvalue weighted by atomic mass is 10.1. The van der Waals surface area contributed by atoms with Crippen molar-refractivity contribution >= 4 is 18.4 Å². The molecule has 1 nitrogen and oxygen atoms in total. The van der Waals surface area contributed by atoms with E-state index in [1.54, 1.807) is 0 Å². The van der Waals surface area contributed by atoms with E-state index in [1.165, 1.54) is 5.56 Å². The molecule has 0 amide bonds. The molecule has 0 bridgehead atoms. The SMILES string of the molecule is CCC(=O)c1ccc(CC)cc1S. The first kappa shape index (κ1) is 10.3. The molecule has 1 aromatic carbocycles. The number of hydrogen-bond acceptors (Lipinski definition) is 2. The summed E-state index contributed by atoms with van der Waals surface area (Å²) >= 11 is 4.29. The van der Waals surface area contributed by atoms with Crippen molar-refractivity contribution < 1.29 is 4.79 Å². The first-order valence-electron chi connectivity index (χ1n) is 4.54. The molecule has 0 aromatic heterocycles. The normalized spacial score (nSPS) is 10.1. The summed E-state index contributed by atoms with van der Waals surface area (Å²) in [6, 6.07) is 5.82. The molecule has 0 radical (unpaired) electrons. The number of thiol groups is 1. The fourth-order valence-electron chi connectivity index (χ4n) is 1.22. The van der Waals surface area contributed by atoms with Crippen LogP contribution in [0.1, 0.15) is 36.2 Å². The summed E-state index contributed by atoms with van der Waals surface area (Å²) in [7, 11) is 0. The molecule has 0 aliphatic rings. The number of hydrogen-bond donors (Lipinski definition) is 1. The zero-order chi connectivity index (χ0) is 9.84. The average molecular weight is 194 g/mol. The molecule has 0 unspecified atom stereocenters. The Balaban J connectivity index is 3.05. The molecule has 1 rings (SSSR count). The topological polar surface area (TPSA) is 17.1 Å². The molecule has 0 saturated heterocycles. The molecule has 0 aliphatic carbocycles. The number of carbonyl (C=O) groups excluding carboxylic acids is 1. The minimum absolute atomic E-state index is 0.160. The van der Waals surface area contributed by atoms with E-state index in [0.29, 0.717) is 6.42 Å². The maximum absolute atomic E-state index is 11.4. The van der Waals surface area contributed by atoms with E-state index in [-0.39, 0.29) is 5.78 Å². The number of aryl methyl sites for hydroxylation is 1. The van der Waals surface area contributed by atoms with Gasteiger partial charge in [0.25, 0.3) is 0 Å². The van der Waals surface area contributed by atoms with Gasteiger partial charge in [-0.05, 0) is 18.1 Å². The predicted molar refractivity (Wildman–Crippen MR) is 57.7 cm³/mol. The molecular formula is C11H14OS. The first-order chi connectivity index (χ1) is 6.19. The maximum Gasteiger partial charge on any atom is 0.163 e. The third-order valence-corrected chi connectivity index (χ3v) is 2.46. The first-order valence-corrected chi connectivity index (χ1v) is 4.98. The highest BCUT2D eigenvalue weighted by molar-refractivity contribution is 7.80. The Labute approximate surface area is 84.6 Å². The van der Waals surface area contributed by atoms with Gasteiger partial charge in [0.15, 0.2) is 5.78 Å². The number of rotatable bonds is 3. The minimum atomic E-state index is 0.160. The van der Waals surface area contributed by atoms with Crippen LogP contribution in [-0.2, 0) is 6.42 Å². The molecule has 0 fully saturated rings. The second kappa shape index (κ2) is 4.47. The Kier molecular flexibility index (Phi) is 3.55. The van der Waals surface area contributed by atoms with E-state index in [4.69, 9.17) is 0 Å². The van der Waals surface area contributed by atoms with Gasteiger partial charge in [0.1, 0.15) is 0 Å². The lowest BCUT2D eigenvalue weighted by Gasteiger charge is -2.04. The molecule has 0 N–H and O–H groups in total. The van der Waals surface area contributed by atoms with Crippen LogP contribution < -0.4 is 0 Å². The van der Waals surface area contributed by atoms with Crippen LogP contribution in [0, 0.1) is 0 Å². The molecule has 0 atom stereocenters. The van der Waals surface area contributed by atoms with Crippen molar-refractivity contribution in [2.75, 3.05) is 0 Å². The highest BCUT2D eigenvalue weighted by Gasteiger charge is 2.06. The summed E-state index contributed by atoms with van der Waals surface area (Å²) in [5.74, 6) is 0.160. The van der Waals surface area contributed by atoms with E-state index in [9.17, 15) is 4.79 Å². The van der Waals surface area contributed by atoms with E-state index in [2.05, 4.69) is 19.6 Å². The number of carbonyl (C=O) groups is 1. The summed E-state index contributed by atoms with van der Waals surface area (Å²) in [6.07, 6.45) is 1.52. The van der Waals surface area contributed by atoms with Crippen LogP contribution in [0.3, 0.4) is 0 Å².